The van der Waals surface area contributed by atoms with Crippen molar-refractivity contribution < 1.29 is 14.4 Å². The van der Waals surface area contributed by atoms with Crippen LogP contribution in [0.5, 0.6) is 0 Å². The molecule has 0 unspecified atom stereocenters. The van der Waals surface area contributed by atoms with Gasteiger partial charge in [-0.3, -0.25) is 19.3 Å². The molecular weight excluding hydrogens is 428 g/mol. The highest BCUT2D eigenvalue weighted by atomic mass is 79.9. The number of likely N-dealkylation sites (tertiary alicyclic amines) is 1. The van der Waals surface area contributed by atoms with Gasteiger partial charge in [0.2, 0.25) is 17.7 Å². The number of para-hydroxylation sites is 1. The summed E-state index contributed by atoms with van der Waals surface area (Å²) >= 11 is 7.09. The van der Waals surface area contributed by atoms with Crippen molar-refractivity contribution in [1.82, 2.24) is 4.90 Å². The van der Waals surface area contributed by atoms with Gasteiger partial charge in [-0.1, -0.05) is 50.1 Å². The lowest BCUT2D eigenvalue weighted by atomic mass is 9.81. The molecule has 122 valence electrons. The van der Waals surface area contributed by atoms with E-state index in [1.54, 1.807) is 12.1 Å². The van der Waals surface area contributed by atoms with Gasteiger partial charge in [0.1, 0.15) is 6.54 Å². The van der Waals surface area contributed by atoms with Gasteiger partial charge in [0, 0.05) is 15.3 Å². The van der Waals surface area contributed by atoms with Crippen LogP contribution in [0, 0.1) is 11.8 Å². The second-order valence-electron chi connectivity index (χ2n) is 5.89. The lowest BCUT2D eigenvalue weighted by molar-refractivity contribution is -0.142. The van der Waals surface area contributed by atoms with Gasteiger partial charge < -0.3 is 5.32 Å². The second-order valence-corrected chi connectivity index (χ2v) is 8.25. The molecule has 1 N–H and O–H groups in total. The Hall–Kier alpha value is -1.21. The molecule has 1 aliphatic heterocycles. The number of fused-ring (bicyclic) bond motifs is 1. The zero-order valence-corrected chi connectivity index (χ0v) is 15.4. The maximum absolute atomic E-state index is 12.5. The Kier molecular flexibility index (Phi) is 4.87. The van der Waals surface area contributed by atoms with Gasteiger partial charge in [-0.25, -0.2) is 0 Å². The van der Waals surface area contributed by atoms with Crippen molar-refractivity contribution in [2.24, 2.45) is 11.8 Å². The summed E-state index contributed by atoms with van der Waals surface area (Å²) in [5.41, 5.74) is 0.648. The zero-order valence-electron chi connectivity index (χ0n) is 12.2. The molecule has 3 rings (SSSR count). The molecule has 2 fully saturated rings. The third-order valence-electron chi connectivity index (χ3n) is 4.36. The molecule has 1 aromatic rings. The summed E-state index contributed by atoms with van der Waals surface area (Å²) in [5.74, 6) is -1.45. The van der Waals surface area contributed by atoms with E-state index in [1.165, 1.54) is 0 Å². The molecule has 1 heterocycles. The lowest BCUT2D eigenvalue weighted by Crippen LogP contribution is -2.38. The topological polar surface area (TPSA) is 66.5 Å². The molecule has 3 amide bonds. The fourth-order valence-electron chi connectivity index (χ4n) is 3.19. The molecule has 0 bridgehead atoms. The highest BCUT2D eigenvalue weighted by Gasteiger charge is 2.52. The van der Waals surface area contributed by atoms with Crippen LogP contribution in [0.3, 0.4) is 0 Å². The summed E-state index contributed by atoms with van der Waals surface area (Å²) in [4.78, 5) is 38.5. The minimum Gasteiger partial charge on any atom is -0.325 e. The average Bonchev–Trinajstić information content (AvgIpc) is 2.74. The Balaban J connectivity index is 1.67. The number of hydrogen-bond donors (Lipinski definition) is 1. The van der Waals surface area contributed by atoms with E-state index in [9.17, 15) is 14.4 Å². The predicted molar refractivity (Wildman–Crippen MR) is 93.4 cm³/mol. The minimum atomic E-state index is -0.359. The van der Waals surface area contributed by atoms with Crippen LogP contribution in [-0.4, -0.2) is 38.8 Å². The molecule has 23 heavy (non-hydrogen) atoms. The summed E-state index contributed by atoms with van der Waals surface area (Å²) in [7, 11) is 0. The fraction of sp³-hybridized carbons (Fsp3) is 0.438. The molecule has 1 saturated heterocycles. The Morgan fingerprint density at radius 1 is 1.04 bits per heavy atom. The van der Waals surface area contributed by atoms with Crippen LogP contribution < -0.4 is 5.32 Å². The minimum absolute atomic E-state index is 0.165. The van der Waals surface area contributed by atoms with Gasteiger partial charge in [0.05, 0.1) is 11.8 Å². The Morgan fingerprint density at radius 3 is 2.09 bits per heavy atom. The third-order valence-corrected chi connectivity index (χ3v) is 7.10. The molecule has 1 saturated carbocycles. The number of alkyl halides is 2. The summed E-state index contributed by atoms with van der Waals surface area (Å²) in [5, 5.41) is 2.71. The van der Waals surface area contributed by atoms with Crippen LogP contribution >= 0.6 is 31.9 Å². The third kappa shape index (κ3) is 3.35. The summed E-state index contributed by atoms with van der Waals surface area (Å²) in [6.07, 6.45) is 1.23. The molecule has 0 radical (unpaired) electrons. The van der Waals surface area contributed by atoms with Crippen LogP contribution in [0.4, 0.5) is 5.69 Å². The second kappa shape index (κ2) is 6.73. The summed E-state index contributed by atoms with van der Waals surface area (Å²) < 4.78 is 0. The van der Waals surface area contributed by atoms with E-state index in [0.29, 0.717) is 18.5 Å². The van der Waals surface area contributed by atoms with Gasteiger partial charge in [-0.2, -0.15) is 0 Å². The zero-order chi connectivity index (χ0) is 16.6. The monoisotopic (exact) mass is 442 g/mol. The first-order valence-electron chi connectivity index (χ1n) is 7.45. The normalized spacial score (nSPS) is 30.3. The van der Waals surface area contributed by atoms with Crippen molar-refractivity contribution in [1.29, 1.82) is 0 Å². The highest BCUT2D eigenvalue weighted by Crippen LogP contribution is 2.43. The maximum atomic E-state index is 12.5. The quantitative estimate of drug-likeness (QED) is 0.576. The number of anilines is 1. The smallest absolute Gasteiger partial charge is 0.244 e. The molecule has 1 aromatic carbocycles. The molecule has 0 spiro atoms. The van der Waals surface area contributed by atoms with Crippen LogP contribution in [-0.2, 0) is 14.4 Å². The van der Waals surface area contributed by atoms with E-state index in [0.717, 1.165) is 4.90 Å². The molecule has 4 atom stereocenters. The van der Waals surface area contributed by atoms with Gasteiger partial charge in [0.15, 0.2) is 0 Å². The number of nitrogens with zero attached hydrogens (tertiary/aromatic N) is 1. The first-order valence-corrected chi connectivity index (χ1v) is 9.28. The van der Waals surface area contributed by atoms with Crippen molar-refractivity contribution in [2.75, 3.05) is 11.9 Å². The van der Waals surface area contributed by atoms with Crippen LogP contribution in [0.15, 0.2) is 30.3 Å². The Labute approximate surface area is 151 Å². The van der Waals surface area contributed by atoms with E-state index < -0.39 is 0 Å². The van der Waals surface area contributed by atoms with Crippen molar-refractivity contribution in [2.45, 2.75) is 22.5 Å². The lowest BCUT2D eigenvalue weighted by Gasteiger charge is -2.29. The highest BCUT2D eigenvalue weighted by molar-refractivity contribution is 9.12. The van der Waals surface area contributed by atoms with E-state index in [-0.39, 0.29) is 45.8 Å². The maximum Gasteiger partial charge on any atom is 0.244 e. The molecule has 5 nitrogen and oxygen atoms in total. The molecule has 0 aromatic heterocycles. The van der Waals surface area contributed by atoms with Gasteiger partial charge in [-0.15, -0.1) is 0 Å². The number of carbonyl (C=O) groups is 3. The van der Waals surface area contributed by atoms with E-state index in [2.05, 4.69) is 37.2 Å². The number of hydrogen-bond acceptors (Lipinski definition) is 3. The van der Waals surface area contributed by atoms with Gasteiger partial charge in [0.25, 0.3) is 0 Å². The molecule has 1 aliphatic carbocycles. The van der Waals surface area contributed by atoms with Gasteiger partial charge >= 0.3 is 0 Å². The predicted octanol–water partition coefficient (Wildman–Crippen LogP) is 2.55. The number of carbonyl (C=O) groups excluding carboxylic acids is 3. The Morgan fingerprint density at radius 2 is 1.57 bits per heavy atom. The van der Waals surface area contributed by atoms with E-state index in [4.69, 9.17) is 0 Å². The number of amides is 3. The van der Waals surface area contributed by atoms with E-state index >= 15 is 0 Å². The largest absolute Gasteiger partial charge is 0.325 e. The number of nitrogens with one attached hydrogen (secondary N) is 1. The number of halogens is 2. The number of benzene rings is 1. The molecule has 7 heteroatoms. The van der Waals surface area contributed by atoms with Crippen molar-refractivity contribution >= 4 is 55.3 Å². The van der Waals surface area contributed by atoms with Crippen molar-refractivity contribution in [3.63, 3.8) is 0 Å². The average molecular weight is 444 g/mol. The molecular formula is C16H16Br2N2O3. The van der Waals surface area contributed by atoms with Crippen LogP contribution in [0.25, 0.3) is 0 Å². The van der Waals surface area contributed by atoms with E-state index in [1.807, 2.05) is 18.2 Å². The van der Waals surface area contributed by atoms with Crippen molar-refractivity contribution in [3.05, 3.63) is 30.3 Å². The van der Waals surface area contributed by atoms with Crippen LogP contribution in [0.2, 0.25) is 0 Å². The fourth-order valence-corrected chi connectivity index (χ4v) is 4.42. The summed E-state index contributed by atoms with van der Waals surface area (Å²) in [6, 6.07) is 8.98. The Bertz CT molecular complexity index is 609. The van der Waals surface area contributed by atoms with Crippen LogP contribution in [0.1, 0.15) is 12.8 Å². The number of rotatable bonds is 3. The first kappa shape index (κ1) is 16.6. The standard InChI is InChI=1S/C16H16Br2N2O3/c17-12-6-10-11(7-13(12)18)16(23)20(15(10)22)8-14(21)19-9-4-2-1-3-5-9/h1-5,10-13H,6-8H2,(H,19,21)/t10-,11+,12-,13-/m0/s1. The van der Waals surface area contributed by atoms with Gasteiger partial charge in [-0.05, 0) is 25.0 Å². The number of imide groups is 1. The summed E-state index contributed by atoms with van der Waals surface area (Å²) in [6.45, 7) is -0.223. The van der Waals surface area contributed by atoms with Crippen molar-refractivity contribution in [3.8, 4) is 0 Å². The first-order chi connectivity index (χ1) is 11.0. The molecule has 2 aliphatic rings. The SMILES string of the molecule is O=C(CN1C(=O)[C@H]2C[C@H](Br)[C@@H](Br)C[C@H]2C1=O)Nc1ccccc1.